The van der Waals surface area contributed by atoms with Gasteiger partial charge < -0.3 is 14.6 Å². The van der Waals surface area contributed by atoms with Gasteiger partial charge in [-0.15, -0.1) is 4.83 Å². The molecule has 0 aromatic carbocycles. The maximum Gasteiger partial charge on any atom is 0.477 e. The number of hydrogen-bond donors (Lipinski definition) is 2. The van der Waals surface area contributed by atoms with Crippen LogP contribution >= 0.6 is 19.6 Å². The highest BCUT2D eigenvalue weighted by Gasteiger charge is 2.64. The average molecular weight is 639 g/mol. The van der Waals surface area contributed by atoms with Crippen LogP contribution in [-0.2, 0) is 42.4 Å². The number of phosphoric acid groups is 1. The summed E-state index contributed by atoms with van der Waals surface area (Å²) in [5.41, 5.74) is -2.01. The van der Waals surface area contributed by atoms with E-state index in [2.05, 4.69) is 19.8 Å². The molecule has 0 spiro atoms. The summed E-state index contributed by atoms with van der Waals surface area (Å²) in [5.74, 6) is 0.365. The van der Waals surface area contributed by atoms with E-state index in [1.165, 1.54) is 36.2 Å². The number of fused-ring (bicyclic) bond motifs is 2. The summed E-state index contributed by atoms with van der Waals surface area (Å²) in [6.45, 7) is 7.76. The largest absolute Gasteiger partial charge is 0.477 e. The van der Waals surface area contributed by atoms with Gasteiger partial charge in [0.25, 0.3) is 0 Å². The minimum Gasteiger partial charge on any atom is -0.382 e. The van der Waals surface area contributed by atoms with E-state index >= 15 is 0 Å². The monoisotopic (exact) mass is 638 g/mol. The summed E-state index contributed by atoms with van der Waals surface area (Å²) in [5, 5.41) is 12.5. The van der Waals surface area contributed by atoms with Crippen LogP contribution in [0.4, 0.5) is 5.82 Å². The molecule has 5 atom stereocenters. The van der Waals surface area contributed by atoms with Crippen molar-refractivity contribution in [1.82, 2.24) is 24.4 Å². The Bertz CT molecular complexity index is 1420. The molecule has 2 aromatic heterocycles. The zero-order valence-corrected chi connectivity index (χ0v) is 26.1. The quantitative estimate of drug-likeness (QED) is 0.182. The molecule has 0 bridgehead atoms. The van der Waals surface area contributed by atoms with Crippen LogP contribution in [0.15, 0.2) is 12.7 Å². The maximum absolute atomic E-state index is 13.1. The molecule has 2 aliphatic heterocycles. The normalized spacial score (nSPS) is 28.3. The first kappa shape index (κ1) is 32.2. The third-order valence-corrected chi connectivity index (χ3v) is 9.45. The fraction of sp³-hybridized carbons (Fsp3) is 0.727. The lowest BCUT2D eigenvalue weighted by molar-refractivity contribution is -0.126. The van der Waals surface area contributed by atoms with Gasteiger partial charge in [-0.1, -0.05) is 18.7 Å². The van der Waals surface area contributed by atoms with E-state index in [1.807, 2.05) is 6.92 Å². The number of sulfonamides is 1. The predicted octanol–water partition coefficient (Wildman–Crippen LogP) is 1.59. The number of carbonyl (C=O) groups is 1. The number of rotatable bonds is 13. The molecule has 2 saturated heterocycles. The fourth-order valence-electron chi connectivity index (χ4n) is 4.25. The number of nitrogens with one attached hydrogen (secondary N) is 1. The van der Waals surface area contributed by atoms with E-state index in [1.54, 1.807) is 13.8 Å². The van der Waals surface area contributed by atoms with E-state index in [-0.39, 0.29) is 34.5 Å². The smallest absolute Gasteiger partial charge is 0.382 e. The van der Waals surface area contributed by atoms with Crippen molar-refractivity contribution >= 4 is 51.7 Å². The molecule has 1 unspecified atom stereocenters. The molecular weight excluding hydrogens is 603 g/mol. The van der Waals surface area contributed by atoms with Crippen molar-refractivity contribution in [3.63, 3.8) is 0 Å². The number of aromatic nitrogens is 4. The van der Waals surface area contributed by atoms with Gasteiger partial charge in [-0.2, -0.15) is 0 Å². The Labute approximate surface area is 242 Å². The van der Waals surface area contributed by atoms with E-state index in [9.17, 15) is 22.9 Å². The number of phosphoric ester groups is 1. The molecule has 0 saturated carbocycles. The van der Waals surface area contributed by atoms with Crippen LogP contribution in [0.2, 0.25) is 0 Å². The Morgan fingerprint density at radius 3 is 2.71 bits per heavy atom. The summed E-state index contributed by atoms with van der Waals surface area (Å²) in [6, 6.07) is 0. The van der Waals surface area contributed by atoms with Gasteiger partial charge in [0.05, 0.1) is 31.2 Å². The molecule has 4 rings (SSSR count). The number of hydrazine groups is 1. The van der Waals surface area contributed by atoms with Gasteiger partial charge in [-0.05, 0) is 27.2 Å². The van der Waals surface area contributed by atoms with Crippen molar-refractivity contribution in [3.05, 3.63) is 12.7 Å². The molecule has 2 aromatic rings. The summed E-state index contributed by atoms with van der Waals surface area (Å²) >= 11 is 1.03. The van der Waals surface area contributed by atoms with Crippen molar-refractivity contribution in [2.45, 2.75) is 58.3 Å². The zero-order valence-electron chi connectivity index (χ0n) is 23.5. The first-order valence-electron chi connectivity index (χ1n) is 12.7. The zero-order chi connectivity index (χ0) is 30.2. The summed E-state index contributed by atoms with van der Waals surface area (Å²) in [4.78, 5) is 27.4. The van der Waals surface area contributed by atoms with Crippen LogP contribution in [0, 0.1) is 5.41 Å². The highest BCUT2D eigenvalue weighted by molar-refractivity contribution is 8.13. The van der Waals surface area contributed by atoms with Gasteiger partial charge in [0.15, 0.2) is 34.4 Å². The van der Waals surface area contributed by atoms with Gasteiger partial charge in [0.1, 0.15) is 11.9 Å². The Morgan fingerprint density at radius 1 is 1.32 bits per heavy atom. The van der Waals surface area contributed by atoms with Crippen LogP contribution in [-0.4, -0.2) is 95.0 Å². The number of nitrogens with zero attached hydrogens (tertiary/aromatic N) is 5. The van der Waals surface area contributed by atoms with E-state index in [0.717, 1.165) is 24.4 Å². The molecule has 0 aliphatic carbocycles. The predicted molar refractivity (Wildman–Crippen MR) is 148 cm³/mol. The van der Waals surface area contributed by atoms with Crippen molar-refractivity contribution in [3.8, 4) is 0 Å². The summed E-state index contributed by atoms with van der Waals surface area (Å²) in [6.07, 6.45) is 0.853. The van der Waals surface area contributed by atoms with Crippen molar-refractivity contribution < 1.29 is 45.9 Å². The molecule has 0 radical (unpaired) electrons. The van der Waals surface area contributed by atoms with Crippen molar-refractivity contribution in [1.29, 1.82) is 0 Å². The number of thioether (sulfide) groups is 1. The standard InChI is InChI=1S/C22H35N6O10PS2/c1-7-8-34-11-21(2,3)20(29)40-10-9-35-39(31)37-15-18(38-39)36-19(22(15,4)30)28-13-25-14-16(23-12-24-17(14)28)27(5)26-41(6,32)33/h12-13,15,18-19,26,30H,7-11H2,1-6H3/t15-,18-,19-,22-,39?/m1/s1. The SMILES string of the molecule is CCCOCC(C)(C)C(=O)SCCOP1(=O)O[C@H]2O[C@@H](n3cnc4c(N(C)NS(C)(=O)=O)ncnc43)[C@](C)(O)[C@@H]2O1. The second-order valence-electron chi connectivity index (χ2n) is 10.5. The van der Waals surface area contributed by atoms with Gasteiger partial charge in [0, 0.05) is 19.4 Å². The molecule has 2 aliphatic rings. The first-order chi connectivity index (χ1) is 19.1. The van der Waals surface area contributed by atoms with Crippen LogP contribution in [0.1, 0.15) is 40.3 Å². The Hall–Kier alpha value is -1.73. The number of imidazole rings is 1. The average Bonchev–Trinajstić information content (AvgIpc) is 3.51. The number of aliphatic hydroxyl groups is 1. The van der Waals surface area contributed by atoms with Gasteiger partial charge in [-0.25, -0.2) is 27.9 Å². The summed E-state index contributed by atoms with van der Waals surface area (Å²) < 4.78 is 65.6. The number of hydrogen-bond acceptors (Lipinski definition) is 15. The molecule has 16 nitrogen and oxygen atoms in total. The number of carbonyl (C=O) groups excluding carboxylic acids is 1. The lowest BCUT2D eigenvalue weighted by Crippen LogP contribution is -2.42. The van der Waals surface area contributed by atoms with Gasteiger partial charge in [0.2, 0.25) is 16.3 Å². The van der Waals surface area contributed by atoms with Crippen LogP contribution in [0.5, 0.6) is 0 Å². The minimum absolute atomic E-state index is 0.0902. The van der Waals surface area contributed by atoms with Crippen LogP contribution in [0.3, 0.4) is 0 Å². The molecule has 19 heteroatoms. The Kier molecular flexibility index (Phi) is 9.50. The maximum atomic E-state index is 13.1. The topological polar surface area (TPSA) is 194 Å². The molecule has 2 N–H and O–H groups in total. The lowest BCUT2D eigenvalue weighted by atomic mass is 9.97. The summed E-state index contributed by atoms with van der Waals surface area (Å²) in [7, 11) is -6.24. The Morgan fingerprint density at radius 2 is 2.05 bits per heavy atom. The van der Waals surface area contributed by atoms with E-state index in [4.69, 9.17) is 23.0 Å². The van der Waals surface area contributed by atoms with E-state index in [0.29, 0.717) is 13.2 Å². The van der Waals surface area contributed by atoms with Crippen LogP contribution < -0.4 is 9.84 Å². The highest BCUT2D eigenvalue weighted by Crippen LogP contribution is 2.63. The Balaban J connectivity index is 1.38. The minimum atomic E-state index is -4.10. The van der Waals surface area contributed by atoms with Crippen molar-refractivity contribution in [2.75, 3.05) is 43.9 Å². The second kappa shape index (κ2) is 12.1. The highest BCUT2D eigenvalue weighted by atomic mass is 32.2. The first-order valence-corrected chi connectivity index (χ1v) is 17.0. The molecule has 41 heavy (non-hydrogen) atoms. The van der Waals surface area contributed by atoms with Crippen molar-refractivity contribution in [2.24, 2.45) is 5.41 Å². The molecule has 230 valence electrons. The molecule has 0 amide bonds. The van der Waals surface area contributed by atoms with E-state index < -0.39 is 47.5 Å². The molecule has 2 fully saturated rings. The van der Waals surface area contributed by atoms with Gasteiger partial charge >= 0.3 is 7.82 Å². The van der Waals surface area contributed by atoms with Crippen LogP contribution in [0.25, 0.3) is 11.2 Å². The number of ether oxygens (including phenoxy) is 2. The van der Waals surface area contributed by atoms with Gasteiger partial charge in [-0.3, -0.25) is 27.9 Å². The lowest BCUT2D eigenvalue weighted by Gasteiger charge is -2.28. The number of anilines is 1. The molecule has 4 heterocycles. The second-order valence-corrected chi connectivity index (χ2v) is 14.9. The fourth-order valence-corrected chi connectivity index (χ4v) is 7.25. The third-order valence-electron chi connectivity index (χ3n) is 6.20. The third kappa shape index (κ3) is 7.09. The molecular formula is C22H35N6O10PS2.